The van der Waals surface area contributed by atoms with Gasteiger partial charge in [-0.3, -0.25) is 9.62 Å². The molecule has 0 saturated carbocycles. The molecule has 1 unspecified atom stereocenters. The van der Waals surface area contributed by atoms with E-state index in [0.717, 1.165) is 62.3 Å². The lowest BCUT2D eigenvalue weighted by Gasteiger charge is -2.29. The average Bonchev–Trinajstić information content (AvgIpc) is 3.39. The minimum absolute atomic E-state index is 0.168. The molecule has 45 heavy (non-hydrogen) atoms. The molecule has 2 heterocycles. The molecule has 0 radical (unpaired) electrons. The van der Waals surface area contributed by atoms with Crippen LogP contribution >= 0.6 is 0 Å². The maximum absolute atomic E-state index is 12.8. The first-order valence-electron chi connectivity index (χ1n) is 15.3. The largest absolute Gasteiger partial charge is 0.478 e. The summed E-state index contributed by atoms with van der Waals surface area (Å²) in [4.78, 5) is 14.2. The molecule has 0 amide bonds. The summed E-state index contributed by atoms with van der Waals surface area (Å²) in [6, 6.07) is 22.3. The van der Waals surface area contributed by atoms with E-state index in [1.807, 2.05) is 6.07 Å². The number of aryl methyl sites for hydroxylation is 1. The predicted molar refractivity (Wildman–Crippen MR) is 175 cm³/mol. The maximum atomic E-state index is 12.8. The second-order valence-corrected chi connectivity index (χ2v) is 13.8. The second-order valence-electron chi connectivity index (χ2n) is 12.1. The molecule has 1 aliphatic rings. The molecule has 5 rings (SSSR count). The zero-order chi connectivity index (χ0) is 32.0. The Morgan fingerprint density at radius 3 is 2.47 bits per heavy atom. The number of carboxylic acid groups (broad SMARTS) is 1. The number of carbonyl (C=O) groups is 1. The number of benzene rings is 3. The van der Waals surface area contributed by atoms with Crippen molar-refractivity contribution in [2.45, 2.75) is 49.8 Å². The zero-order valence-corrected chi connectivity index (χ0v) is 26.6. The number of rotatable bonds is 14. The fourth-order valence-electron chi connectivity index (χ4n) is 5.62. The van der Waals surface area contributed by atoms with E-state index in [0.29, 0.717) is 17.8 Å². The number of anilines is 1. The summed E-state index contributed by atoms with van der Waals surface area (Å²) in [5, 5.41) is 24.9. The number of aromatic carboxylic acids is 1. The lowest BCUT2D eigenvalue weighted by atomic mass is 9.99. The van der Waals surface area contributed by atoms with Gasteiger partial charge in [0, 0.05) is 67.0 Å². The van der Waals surface area contributed by atoms with Crippen LogP contribution in [0, 0.1) is 0 Å². The van der Waals surface area contributed by atoms with Crippen LogP contribution in [0.4, 0.5) is 5.69 Å². The van der Waals surface area contributed by atoms with Crippen molar-refractivity contribution >= 4 is 32.6 Å². The van der Waals surface area contributed by atoms with Crippen LogP contribution in [0.5, 0.6) is 0 Å². The summed E-state index contributed by atoms with van der Waals surface area (Å²) in [7, 11) is -3.74. The molecule has 4 aromatic rings. The van der Waals surface area contributed by atoms with Gasteiger partial charge in [-0.1, -0.05) is 30.3 Å². The summed E-state index contributed by atoms with van der Waals surface area (Å²) in [6.07, 6.45) is 0.746. The highest BCUT2D eigenvalue weighted by atomic mass is 32.2. The van der Waals surface area contributed by atoms with Gasteiger partial charge in [-0.25, -0.2) is 13.2 Å². The number of aliphatic hydroxyl groups is 1. The van der Waals surface area contributed by atoms with Crippen LogP contribution in [-0.2, 0) is 27.7 Å². The summed E-state index contributed by atoms with van der Waals surface area (Å²) in [5.74, 6) is -0.942. The van der Waals surface area contributed by atoms with Crippen LogP contribution in [0.2, 0.25) is 0 Å². The van der Waals surface area contributed by atoms with Gasteiger partial charge in [0.2, 0.25) is 0 Å². The van der Waals surface area contributed by atoms with Crippen molar-refractivity contribution in [2.24, 2.45) is 0 Å². The van der Waals surface area contributed by atoms with E-state index < -0.39 is 22.1 Å². The third-order valence-electron chi connectivity index (χ3n) is 8.33. The van der Waals surface area contributed by atoms with Gasteiger partial charge >= 0.3 is 5.97 Å². The first-order valence-corrected chi connectivity index (χ1v) is 16.8. The van der Waals surface area contributed by atoms with Crippen molar-refractivity contribution in [1.29, 1.82) is 0 Å². The summed E-state index contributed by atoms with van der Waals surface area (Å²) in [6.45, 7) is 9.36. The average molecular weight is 635 g/mol. The number of ether oxygens (including phenoxy) is 1. The molecular formula is C34H42N4O6S. The fourth-order valence-corrected chi connectivity index (χ4v) is 6.69. The molecule has 11 heteroatoms. The van der Waals surface area contributed by atoms with Gasteiger partial charge in [-0.2, -0.15) is 0 Å². The van der Waals surface area contributed by atoms with E-state index >= 15 is 0 Å². The number of hydrogen-bond acceptors (Lipinski definition) is 7. The van der Waals surface area contributed by atoms with Crippen LogP contribution in [-0.4, -0.2) is 79.0 Å². The SMILES string of the molecule is CC(C)(CCn1c(CCN2CCOCC2)cc2cc(C(=O)O)ccc21)NCC(O)c1cccc(NS(=O)(=O)c2ccccc2)c1. The van der Waals surface area contributed by atoms with E-state index in [1.165, 1.54) is 12.1 Å². The van der Waals surface area contributed by atoms with Crippen molar-refractivity contribution in [1.82, 2.24) is 14.8 Å². The lowest BCUT2D eigenvalue weighted by Crippen LogP contribution is -2.42. The van der Waals surface area contributed by atoms with Gasteiger partial charge in [0.25, 0.3) is 10.0 Å². The monoisotopic (exact) mass is 634 g/mol. The molecule has 0 aliphatic carbocycles. The topological polar surface area (TPSA) is 133 Å². The van der Waals surface area contributed by atoms with Gasteiger partial charge in [0.15, 0.2) is 0 Å². The highest BCUT2D eigenvalue weighted by Gasteiger charge is 2.22. The van der Waals surface area contributed by atoms with Crippen molar-refractivity contribution in [2.75, 3.05) is 44.1 Å². The van der Waals surface area contributed by atoms with E-state index in [9.17, 15) is 23.4 Å². The molecular weight excluding hydrogens is 592 g/mol. The number of carboxylic acids is 1. The van der Waals surface area contributed by atoms with Crippen molar-refractivity contribution < 1.29 is 28.2 Å². The first-order chi connectivity index (χ1) is 21.5. The second kappa shape index (κ2) is 14.1. The molecule has 0 bridgehead atoms. The van der Waals surface area contributed by atoms with Gasteiger partial charge in [-0.05, 0) is 74.4 Å². The Morgan fingerprint density at radius 2 is 1.73 bits per heavy atom. The molecule has 0 spiro atoms. The summed E-state index contributed by atoms with van der Waals surface area (Å²) < 4.78 is 35.9. The highest BCUT2D eigenvalue weighted by Crippen LogP contribution is 2.26. The van der Waals surface area contributed by atoms with Crippen LogP contribution < -0.4 is 10.0 Å². The Balaban J connectivity index is 1.23. The van der Waals surface area contributed by atoms with Crippen LogP contribution in [0.1, 0.15) is 48.0 Å². The minimum Gasteiger partial charge on any atom is -0.478 e. The number of β-amino-alcohol motifs (C(OH)–C–C–N with tert-alkyl or cyclic N) is 1. The van der Waals surface area contributed by atoms with Gasteiger partial charge in [0.05, 0.1) is 29.8 Å². The zero-order valence-electron chi connectivity index (χ0n) is 25.8. The number of nitrogens with zero attached hydrogens (tertiary/aromatic N) is 2. The number of fused-ring (bicyclic) bond motifs is 1. The minimum atomic E-state index is -3.74. The number of hydrogen-bond donors (Lipinski definition) is 4. The normalized spacial score (nSPS) is 15.3. The van der Waals surface area contributed by atoms with Crippen molar-refractivity contribution in [3.05, 3.63) is 95.7 Å². The Hall–Kier alpha value is -3.74. The molecule has 3 aromatic carbocycles. The smallest absolute Gasteiger partial charge is 0.335 e. The molecule has 10 nitrogen and oxygen atoms in total. The molecule has 1 saturated heterocycles. The molecule has 1 fully saturated rings. The third kappa shape index (κ3) is 8.50. The molecule has 240 valence electrons. The molecule has 1 aromatic heterocycles. The predicted octanol–water partition coefficient (Wildman–Crippen LogP) is 4.51. The highest BCUT2D eigenvalue weighted by molar-refractivity contribution is 7.92. The molecule has 1 atom stereocenters. The number of nitrogens with one attached hydrogen (secondary N) is 2. The first kappa shape index (κ1) is 32.6. The summed E-state index contributed by atoms with van der Waals surface area (Å²) >= 11 is 0. The van der Waals surface area contributed by atoms with Gasteiger partial charge in [-0.15, -0.1) is 0 Å². The fraction of sp³-hybridized carbons (Fsp3) is 0.382. The number of aromatic nitrogens is 1. The van der Waals surface area contributed by atoms with E-state index in [1.54, 1.807) is 54.6 Å². The lowest BCUT2D eigenvalue weighted by molar-refractivity contribution is 0.0382. The van der Waals surface area contributed by atoms with Crippen LogP contribution in [0.3, 0.4) is 0 Å². The Morgan fingerprint density at radius 1 is 0.978 bits per heavy atom. The van der Waals surface area contributed by atoms with E-state index in [2.05, 4.69) is 39.4 Å². The molecule has 4 N–H and O–H groups in total. The van der Waals surface area contributed by atoms with Crippen LogP contribution in [0.25, 0.3) is 10.9 Å². The quantitative estimate of drug-likeness (QED) is 0.159. The third-order valence-corrected chi connectivity index (χ3v) is 9.73. The Labute approximate surface area is 264 Å². The van der Waals surface area contributed by atoms with E-state index in [4.69, 9.17) is 4.74 Å². The number of morpholine rings is 1. The van der Waals surface area contributed by atoms with Crippen LogP contribution in [0.15, 0.2) is 83.8 Å². The number of sulfonamides is 1. The maximum Gasteiger partial charge on any atom is 0.335 e. The Kier molecular flexibility index (Phi) is 10.3. The van der Waals surface area contributed by atoms with E-state index in [-0.39, 0.29) is 22.5 Å². The van der Waals surface area contributed by atoms with Crippen molar-refractivity contribution in [3.8, 4) is 0 Å². The van der Waals surface area contributed by atoms with Gasteiger partial charge < -0.3 is 24.8 Å². The van der Waals surface area contributed by atoms with Crippen molar-refractivity contribution in [3.63, 3.8) is 0 Å². The number of aliphatic hydroxyl groups excluding tert-OH is 1. The summed E-state index contributed by atoms with van der Waals surface area (Å²) in [5.41, 5.74) is 3.07. The van der Waals surface area contributed by atoms with Gasteiger partial charge in [0.1, 0.15) is 0 Å². The Bertz CT molecular complexity index is 1720. The standard InChI is InChI=1S/C34H42N4O6S/c1-34(2,35-24-32(39)25-7-6-8-28(22-25)36-45(42,43)30-9-4-3-5-10-30)14-16-38-29(13-15-37-17-19-44-20-18-37)23-27-21-26(33(40)41)11-12-31(27)38/h3-12,21-23,32,35-36,39H,13-20,24H2,1-2H3,(H,40,41). The molecule has 1 aliphatic heterocycles.